The highest BCUT2D eigenvalue weighted by atomic mass is 79.9. The monoisotopic (exact) mass is 364 g/mol. The zero-order valence-corrected chi connectivity index (χ0v) is 13.9. The van der Waals surface area contributed by atoms with Gasteiger partial charge in [0.15, 0.2) is 5.13 Å². The molecule has 1 N–H and O–H groups in total. The van der Waals surface area contributed by atoms with Crippen LogP contribution in [0.3, 0.4) is 0 Å². The van der Waals surface area contributed by atoms with Crippen molar-refractivity contribution >= 4 is 48.5 Å². The van der Waals surface area contributed by atoms with Crippen LogP contribution in [-0.2, 0) is 0 Å². The van der Waals surface area contributed by atoms with Crippen LogP contribution >= 0.6 is 27.3 Å². The minimum absolute atomic E-state index is 0.130. The van der Waals surface area contributed by atoms with Crippen LogP contribution in [0, 0.1) is 0 Å². The van der Waals surface area contributed by atoms with Crippen LogP contribution in [0.2, 0.25) is 0 Å². The molecule has 0 saturated heterocycles. The van der Waals surface area contributed by atoms with E-state index in [1.165, 1.54) is 11.3 Å². The van der Waals surface area contributed by atoms with Crippen molar-refractivity contribution in [3.8, 4) is 0 Å². The van der Waals surface area contributed by atoms with Crippen molar-refractivity contribution in [2.24, 2.45) is 0 Å². The summed E-state index contributed by atoms with van der Waals surface area (Å²) in [5, 5.41) is 7.59. The molecule has 0 aliphatic heterocycles. The van der Waals surface area contributed by atoms with E-state index in [1.807, 2.05) is 32.0 Å². The first kappa shape index (κ1) is 14.2. The van der Waals surface area contributed by atoms with E-state index < -0.39 is 0 Å². The second-order valence-corrected chi connectivity index (χ2v) is 6.70. The maximum Gasteiger partial charge on any atom is 0.275 e. The summed E-state index contributed by atoms with van der Waals surface area (Å²) in [6, 6.07) is 7.70. The molecule has 0 radical (unpaired) electrons. The third-order valence-electron chi connectivity index (χ3n) is 2.98. The number of carbonyl (C=O) groups is 1. The largest absolute Gasteiger partial charge is 0.296 e. The number of anilines is 1. The molecule has 0 aliphatic carbocycles. The Hall–Kier alpha value is -1.73. The third-order valence-corrected chi connectivity index (χ3v) is 4.56. The second kappa shape index (κ2) is 5.57. The van der Waals surface area contributed by atoms with Gasteiger partial charge in [-0.3, -0.25) is 14.8 Å². The summed E-state index contributed by atoms with van der Waals surface area (Å²) in [5.74, 6) is -0.198. The van der Waals surface area contributed by atoms with Crippen molar-refractivity contribution in [3.63, 3.8) is 0 Å². The van der Waals surface area contributed by atoms with Crippen LogP contribution in [-0.4, -0.2) is 20.7 Å². The van der Waals surface area contributed by atoms with Gasteiger partial charge in [0.2, 0.25) is 0 Å². The van der Waals surface area contributed by atoms with Crippen LogP contribution in [0.25, 0.3) is 10.2 Å². The Bertz CT molecular complexity index is 808. The fourth-order valence-corrected chi connectivity index (χ4v) is 3.51. The van der Waals surface area contributed by atoms with Crippen LogP contribution in [0.1, 0.15) is 30.4 Å². The molecule has 2 heterocycles. The molecule has 0 unspecified atom stereocenters. The van der Waals surface area contributed by atoms with Gasteiger partial charge in [-0.25, -0.2) is 4.98 Å². The molecule has 3 aromatic rings. The van der Waals surface area contributed by atoms with E-state index >= 15 is 0 Å². The number of rotatable bonds is 3. The fraction of sp³-hybridized carbons (Fsp3) is 0.214. The van der Waals surface area contributed by atoms with E-state index in [4.69, 9.17) is 0 Å². The Morgan fingerprint density at radius 1 is 1.38 bits per heavy atom. The lowest BCUT2D eigenvalue weighted by atomic mass is 10.3. The van der Waals surface area contributed by atoms with E-state index in [-0.39, 0.29) is 11.9 Å². The lowest BCUT2D eigenvalue weighted by molar-refractivity contribution is 0.101. The Kier molecular flexibility index (Phi) is 3.77. The topological polar surface area (TPSA) is 59.8 Å². The predicted octanol–water partition coefficient (Wildman–Crippen LogP) is 4.09. The molecular weight excluding hydrogens is 352 g/mol. The maximum absolute atomic E-state index is 12.3. The normalized spacial score (nSPS) is 11.2. The Morgan fingerprint density at radius 3 is 2.90 bits per heavy atom. The number of nitrogens with one attached hydrogen (secondary N) is 1. The number of thiazole rings is 1. The van der Waals surface area contributed by atoms with Crippen LogP contribution in [0.5, 0.6) is 0 Å². The fourth-order valence-electron chi connectivity index (χ4n) is 2.04. The molecule has 0 atom stereocenters. The SMILES string of the molecule is CC(C)n1nccc1C(=O)Nc1nc2c(Br)cccc2s1. The van der Waals surface area contributed by atoms with Gasteiger partial charge in [-0.15, -0.1) is 0 Å². The summed E-state index contributed by atoms with van der Waals surface area (Å²) in [7, 11) is 0. The van der Waals surface area contributed by atoms with Crippen LogP contribution in [0.15, 0.2) is 34.9 Å². The van der Waals surface area contributed by atoms with Crippen LogP contribution in [0.4, 0.5) is 5.13 Å². The van der Waals surface area contributed by atoms with Crippen molar-refractivity contribution in [2.45, 2.75) is 19.9 Å². The lowest BCUT2D eigenvalue weighted by Gasteiger charge is -2.09. The molecule has 0 fully saturated rings. The number of amides is 1. The molecule has 0 bridgehead atoms. The molecule has 0 aliphatic rings. The number of benzene rings is 1. The summed E-state index contributed by atoms with van der Waals surface area (Å²) in [6.07, 6.45) is 1.63. The molecule has 7 heteroatoms. The van der Waals surface area contributed by atoms with E-state index in [2.05, 4.69) is 31.3 Å². The lowest BCUT2D eigenvalue weighted by Crippen LogP contribution is -2.18. The van der Waals surface area contributed by atoms with E-state index in [1.54, 1.807) is 16.9 Å². The number of hydrogen-bond donors (Lipinski definition) is 1. The molecule has 5 nitrogen and oxygen atoms in total. The molecule has 21 heavy (non-hydrogen) atoms. The number of nitrogens with zero attached hydrogens (tertiary/aromatic N) is 3. The van der Waals surface area contributed by atoms with Crippen molar-refractivity contribution in [1.29, 1.82) is 0 Å². The van der Waals surface area contributed by atoms with Gasteiger partial charge in [0.25, 0.3) is 5.91 Å². The minimum atomic E-state index is -0.198. The van der Waals surface area contributed by atoms with Gasteiger partial charge in [0.05, 0.1) is 10.2 Å². The minimum Gasteiger partial charge on any atom is -0.296 e. The van der Waals surface area contributed by atoms with Gasteiger partial charge in [0.1, 0.15) is 5.69 Å². The smallest absolute Gasteiger partial charge is 0.275 e. The molecule has 0 spiro atoms. The van der Waals surface area contributed by atoms with Gasteiger partial charge < -0.3 is 0 Å². The number of aromatic nitrogens is 3. The zero-order chi connectivity index (χ0) is 15.0. The van der Waals surface area contributed by atoms with Gasteiger partial charge in [0, 0.05) is 16.7 Å². The first-order valence-electron chi connectivity index (χ1n) is 6.46. The average Bonchev–Trinajstić information content (AvgIpc) is 3.04. The van der Waals surface area contributed by atoms with Crippen molar-refractivity contribution in [1.82, 2.24) is 14.8 Å². The van der Waals surface area contributed by atoms with Crippen molar-refractivity contribution < 1.29 is 4.79 Å². The number of hydrogen-bond acceptors (Lipinski definition) is 4. The highest BCUT2D eigenvalue weighted by Gasteiger charge is 2.16. The van der Waals surface area contributed by atoms with E-state index in [0.29, 0.717) is 10.8 Å². The highest BCUT2D eigenvalue weighted by Crippen LogP contribution is 2.31. The van der Waals surface area contributed by atoms with E-state index in [9.17, 15) is 4.79 Å². The summed E-state index contributed by atoms with van der Waals surface area (Å²) >= 11 is 4.91. The van der Waals surface area contributed by atoms with Gasteiger partial charge >= 0.3 is 0 Å². The summed E-state index contributed by atoms with van der Waals surface area (Å²) in [6.45, 7) is 3.97. The second-order valence-electron chi connectivity index (χ2n) is 4.81. The van der Waals surface area contributed by atoms with E-state index in [0.717, 1.165) is 14.7 Å². The first-order chi connectivity index (χ1) is 10.1. The molecule has 108 valence electrons. The van der Waals surface area contributed by atoms with Crippen molar-refractivity contribution in [3.05, 3.63) is 40.6 Å². The first-order valence-corrected chi connectivity index (χ1v) is 8.07. The quantitative estimate of drug-likeness (QED) is 0.761. The third kappa shape index (κ3) is 2.71. The summed E-state index contributed by atoms with van der Waals surface area (Å²) in [5.41, 5.74) is 1.39. The predicted molar refractivity (Wildman–Crippen MR) is 87.9 cm³/mol. The van der Waals surface area contributed by atoms with Crippen LogP contribution < -0.4 is 5.32 Å². The maximum atomic E-state index is 12.3. The zero-order valence-electron chi connectivity index (χ0n) is 11.5. The summed E-state index contributed by atoms with van der Waals surface area (Å²) < 4.78 is 3.64. The number of fused-ring (bicyclic) bond motifs is 1. The molecule has 1 amide bonds. The standard InChI is InChI=1S/C14H13BrN4OS/c1-8(2)19-10(6-7-16-19)13(20)18-14-17-12-9(15)4-3-5-11(12)21-14/h3-8H,1-2H3,(H,17,18,20). The molecular formula is C14H13BrN4OS. The Labute approximate surface area is 134 Å². The molecule has 2 aromatic heterocycles. The number of carbonyl (C=O) groups excluding carboxylic acids is 1. The Balaban J connectivity index is 1.89. The molecule has 0 saturated carbocycles. The highest BCUT2D eigenvalue weighted by molar-refractivity contribution is 9.10. The average molecular weight is 365 g/mol. The molecule has 1 aromatic carbocycles. The number of para-hydroxylation sites is 1. The van der Waals surface area contributed by atoms with Gasteiger partial charge in [-0.05, 0) is 48.0 Å². The summed E-state index contributed by atoms with van der Waals surface area (Å²) in [4.78, 5) is 16.8. The molecule has 3 rings (SSSR count). The number of halogens is 1. The van der Waals surface area contributed by atoms with Gasteiger partial charge in [-0.1, -0.05) is 17.4 Å². The van der Waals surface area contributed by atoms with Gasteiger partial charge in [-0.2, -0.15) is 5.10 Å². The Morgan fingerprint density at radius 2 is 2.19 bits per heavy atom. The van der Waals surface area contributed by atoms with Crippen molar-refractivity contribution in [2.75, 3.05) is 5.32 Å².